The van der Waals surface area contributed by atoms with Crippen LogP contribution in [-0.4, -0.2) is 37.0 Å². The number of thiazole rings is 1. The lowest BCUT2D eigenvalue weighted by molar-refractivity contribution is 0.0963. The molecule has 0 spiro atoms. The zero-order valence-electron chi connectivity index (χ0n) is 14.9. The second-order valence-electron chi connectivity index (χ2n) is 5.51. The number of aromatic nitrogens is 1. The van der Waals surface area contributed by atoms with Crippen molar-refractivity contribution in [2.75, 3.05) is 20.1 Å². The molecule has 7 heteroatoms. The van der Waals surface area contributed by atoms with Gasteiger partial charge in [-0.1, -0.05) is 12.1 Å². The number of guanidine groups is 1. The van der Waals surface area contributed by atoms with Crippen LogP contribution in [0.1, 0.15) is 32.7 Å². The summed E-state index contributed by atoms with van der Waals surface area (Å²) in [6.07, 6.45) is 2.78. The standard InChI is InChI=1S/C18H25N5OS/c1-4-20-18(21-10-9-16-22-11-13(2)25-16)23-12-14-5-7-15(8-6-14)17(24)19-3/h5-8,11H,4,9-10,12H2,1-3H3,(H,19,24)(H2,20,21,23). The lowest BCUT2D eigenvalue weighted by Gasteiger charge is -2.10. The molecule has 1 heterocycles. The number of aliphatic imine (C=N–C) groups is 1. The highest BCUT2D eigenvalue weighted by atomic mass is 32.1. The van der Waals surface area contributed by atoms with Crippen molar-refractivity contribution in [3.63, 3.8) is 0 Å². The summed E-state index contributed by atoms with van der Waals surface area (Å²) in [4.78, 5) is 21.7. The van der Waals surface area contributed by atoms with Gasteiger partial charge in [0.2, 0.25) is 0 Å². The van der Waals surface area contributed by atoms with Crippen molar-refractivity contribution in [1.82, 2.24) is 20.9 Å². The molecule has 0 radical (unpaired) electrons. The molecule has 0 bridgehead atoms. The van der Waals surface area contributed by atoms with Crippen molar-refractivity contribution < 1.29 is 4.79 Å². The third-order valence-corrected chi connectivity index (χ3v) is 4.48. The maximum Gasteiger partial charge on any atom is 0.251 e. The van der Waals surface area contributed by atoms with Crippen molar-refractivity contribution in [3.05, 3.63) is 51.5 Å². The van der Waals surface area contributed by atoms with E-state index in [0.29, 0.717) is 12.1 Å². The Balaban J connectivity index is 1.88. The van der Waals surface area contributed by atoms with E-state index in [9.17, 15) is 4.79 Å². The van der Waals surface area contributed by atoms with Gasteiger partial charge in [0.25, 0.3) is 5.91 Å². The second kappa shape index (κ2) is 9.78. The van der Waals surface area contributed by atoms with E-state index in [0.717, 1.165) is 36.0 Å². The summed E-state index contributed by atoms with van der Waals surface area (Å²) in [5.41, 5.74) is 1.71. The highest BCUT2D eigenvalue weighted by molar-refractivity contribution is 7.11. The highest BCUT2D eigenvalue weighted by Crippen LogP contribution is 2.11. The van der Waals surface area contributed by atoms with Crippen LogP contribution in [0.15, 0.2) is 35.5 Å². The molecule has 2 rings (SSSR count). The Morgan fingerprint density at radius 1 is 1.24 bits per heavy atom. The molecule has 3 N–H and O–H groups in total. The number of amides is 1. The van der Waals surface area contributed by atoms with E-state index >= 15 is 0 Å². The van der Waals surface area contributed by atoms with Crippen molar-refractivity contribution in [2.24, 2.45) is 4.99 Å². The molecule has 134 valence electrons. The highest BCUT2D eigenvalue weighted by Gasteiger charge is 2.03. The fourth-order valence-electron chi connectivity index (χ4n) is 2.22. The fraction of sp³-hybridized carbons (Fsp3) is 0.389. The molecular weight excluding hydrogens is 334 g/mol. The Hall–Kier alpha value is -2.41. The maximum absolute atomic E-state index is 11.5. The number of hydrogen-bond donors (Lipinski definition) is 3. The number of carbonyl (C=O) groups is 1. The summed E-state index contributed by atoms with van der Waals surface area (Å²) in [5.74, 6) is 0.702. The largest absolute Gasteiger partial charge is 0.357 e. The topological polar surface area (TPSA) is 78.4 Å². The van der Waals surface area contributed by atoms with E-state index in [1.54, 1.807) is 18.4 Å². The maximum atomic E-state index is 11.5. The molecule has 0 unspecified atom stereocenters. The number of carbonyl (C=O) groups excluding carboxylic acids is 1. The lowest BCUT2D eigenvalue weighted by atomic mass is 10.1. The molecule has 1 aromatic heterocycles. The van der Waals surface area contributed by atoms with Crippen LogP contribution in [0.25, 0.3) is 0 Å². The number of benzene rings is 1. The van der Waals surface area contributed by atoms with Gasteiger partial charge in [-0.25, -0.2) is 9.98 Å². The predicted molar refractivity (Wildman–Crippen MR) is 103 cm³/mol. The van der Waals surface area contributed by atoms with Crippen LogP contribution in [0.3, 0.4) is 0 Å². The minimum Gasteiger partial charge on any atom is -0.357 e. The van der Waals surface area contributed by atoms with E-state index in [1.807, 2.05) is 37.4 Å². The summed E-state index contributed by atoms with van der Waals surface area (Å²) < 4.78 is 0. The third-order valence-electron chi connectivity index (χ3n) is 3.51. The van der Waals surface area contributed by atoms with Gasteiger partial charge in [0.05, 0.1) is 11.6 Å². The SMILES string of the molecule is CCNC(=NCc1ccc(C(=O)NC)cc1)NCCc1ncc(C)s1. The van der Waals surface area contributed by atoms with E-state index in [4.69, 9.17) is 0 Å². The smallest absolute Gasteiger partial charge is 0.251 e. The number of nitrogens with zero attached hydrogens (tertiary/aromatic N) is 2. The van der Waals surface area contributed by atoms with Crippen LogP contribution in [0.4, 0.5) is 0 Å². The van der Waals surface area contributed by atoms with Crippen molar-refractivity contribution in [1.29, 1.82) is 0 Å². The lowest BCUT2D eigenvalue weighted by Crippen LogP contribution is -2.38. The average molecular weight is 359 g/mol. The Morgan fingerprint density at radius 2 is 2.00 bits per heavy atom. The molecule has 0 saturated heterocycles. The summed E-state index contributed by atoms with van der Waals surface area (Å²) >= 11 is 1.72. The first kappa shape index (κ1) is 18.9. The summed E-state index contributed by atoms with van der Waals surface area (Å²) in [5, 5.41) is 10.3. The molecule has 0 fully saturated rings. The van der Waals surface area contributed by atoms with E-state index < -0.39 is 0 Å². The van der Waals surface area contributed by atoms with Gasteiger partial charge in [-0.2, -0.15) is 0 Å². The van der Waals surface area contributed by atoms with Crippen LogP contribution in [0, 0.1) is 6.92 Å². The van der Waals surface area contributed by atoms with Crippen molar-refractivity contribution >= 4 is 23.2 Å². The number of aryl methyl sites for hydroxylation is 1. The van der Waals surface area contributed by atoms with E-state index in [2.05, 4.69) is 32.9 Å². The molecule has 6 nitrogen and oxygen atoms in total. The first-order valence-corrected chi connectivity index (χ1v) is 9.18. The molecule has 0 atom stereocenters. The first-order chi connectivity index (χ1) is 12.1. The molecule has 2 aromatic rings. The Kier molecular flexibility index (Phi) is 7.40. The molecule has 1 amide bonds. The van der Waals surface area contributed by atoms with Crippen molar-refractivity contribution in [3.8, 4) is 0 Å². The van der Waals surface area contributed by atoms with Gasteiger partial charge in [0.15, 0.2) is 5.96 Å². The van der Waals surface area contributed by atoms with Gasteiger partial charge < -0.3 is 16.0 Å². The molecule has 0 aliphatic rings. The minimum atomic E-state index is -0.0810. The average Bonchev–Trinajstić information content (AvgIpc) is 3.04. The molecule has 25 heavy (non-hydrogen) atoms. The van der Waals surface area contributed by atoms with Crippen LogP contribution in [-0.2, 0) is 13.0 Å². The molecule has 0 aliphatic carbocycles. The molecular formula is C18H25N5OS. The molecule has 1 aromatic carbocycles. The molecule has 0 aliphatic heterocycles. The van der Waals surface area contributed by atoms with Gasteiger partial charge in [0, 0.05) is 43.2 Å². The minimum absolute atomic E-state index is 0.0810. The van der Waals surface area contributed by atoms with Crippen molar-refractivity contribution in [2.45, 2.75) is 26.8 Å². The van der Waals surface area contributed by atoms with Crippen LogP contribution >= 0.6 is 11.3 Å². The van der Waals surface area contributed by atoms with Crippen LogP contribution < -0.4 is 16.0 Å². The molecule has 0 saturated carbocycles. The first-order valence-electron chi connectivity index (χ1n) is 8.37. The number of hydrogen-bond acceptors (Lipinski definition) is 4. The van der Waals surface area contributed by atoms with Gasteiger partial charge in [-0.3, -0.25) is 4.79 Å². The predicted octanol–water partition coefficient (Wildman–Crippen LogP) is 2.11. The van der Waals surface area contributed by atoms with Crippen LogP contribution in [0.5, 0.6) is 0 Å². The van der Waals surface area contributed by atoms with Gasteiger partial charge >= 0.3 is 0 Å². The van der Waals surface area contributed by atoms with E-state index in [-0.39, 0.29) is 5.91 Å². The summed E-state index contributed by atoms with van der Waals surface area (Å²) in [6, 6.07) is 7.48. The second-order valence-corrected chi connectivity index (χ2v) is 6.83. The van der Waals surface area contributed by atoms with Crippen LogP contribution in [0.2, 0.25) is 0 Å². The summed E-state index contributed by atoms with van der Waals surface area (Å²) in [6.45, 7) is 6.25. The monoisotopic (exact) mass is 359 g/mol. The third kappa shape index (κ3) is 6.19. The number of nitrogens with one attached hydrogen (secondary N) is 3. The van der Waals surface area contributed by atoms with Gasteiger partial charge in [0.1, 0.15) is 0 Å². The Labute approximate surface area is 152 Å². The quantitative estimate of drug-likeness (QED) is 0.523. The zero-order valence-corrected chi connectivity index (χ0v) is 15.7. The normalized spacial score (nSPS) is 11.2. The van der Waals surface area contributed by atoms with Gasteiger partial charge in [-0.05, 0) is 31.5 Å². The Bertz CT molecular complexity index is 709. The van der Waals surface area contributed by atoms with Gasteiger partial charge in [-0.15, -0.1) is 11.3 Å². The summed E-state index contributed by atoms with van der Waals surface area (Å²) in [7, 11) is 1.63. The zero-order chi connectivity index (χ0) is 18.1. The van der Waals surface area contributed by atoms with E-state index in [1.165, 1.54) is 4.88 Å². The number of rotatable bonds is 7. The fourth-order valence-corrected chi connectivity index (χ4v) is 3.01. The Morgan fingerprint density at radius 3 is 2.60 bits per heavy atom.